The van der Waals surface area contributed by atoms with Crippen molar-refractivity contribution >= 4 is 23.2 Å². The average Bonchev–Trinajstić information content (AvgIpc) is 3.29. The Morgan fingerprint density at radius 3 is 2.50 bits per heavy atom. The van der Waals surface area contributed by atoms with E-state index in [1.165, 1.54) is 0 Å². The topological polar surface area (TPSA) is 97.2 Å². The van der Waals surface area contributed by atoms with Gasteiger partial charge in [0.05, 0.1) is 24.1 Å². The quantitative estimate of drug-likeness (QED) is 0.507. The van der Waals surface area contributed by atoms with Crippen molar-refractivity contribution in [3.8, 4) is 5.75 Å². The van der Waals surface area contributed by atoms with Crippen LogP contribution in [0.1, 0.15) is 36.0 Å². The number of rotatable bonds is 9. The number of carbonyl (C=O) groups is 2. The van der Waals surface area contributed by atoms with E-state index in [1.54, 1.807) is 54.8 Å². The Bertz CT molecular complexity index is 968. The Morgan fingerprint density at radius 2 is 1.80 bits per heavy atom. The number of ether oxygens (including phenoxy) is 1. The molecule has 7 heteroatoms. The molecule has 0 saturated carbocycles. The van der Waals surface area contributed by atoms with E-state index in [1.807, 2.05) is 31.3 Å². The number of hydrogen-bond acceptors (Lipinski definition) is 4. The molecular formula is C23H26N3O4+. The maximum absolute atomic E-state index is 12.7. The summed E-state index contributed by atoms with van der Waals surface area (Å²) in [7, 11) is 0. The lowest BCUT2D eigenvalue weighted by Gasteiger charge is -2.12. The zero-order valence-electron chi connectivity index (χ0n) is 17.1. The van der Waals surface area contributed by atoms with Crippen LogP contribution >= 0.6 is 0 Å². The van der Waals surface area contributed by atoms with Gasteiger partial charge in [0.15, 0.2) is 12.3 Å². The number of nitrogens with two attached hydrogens (primary N) is 1. The van der Waals surface area contributed by atoms with Crippen LogP contribution in [-0.2, 0) is 4.79 Å². The summed E-state index contributed by atoms with van der Waals surface area (Å²) in [6.45, 7) is 4.66. The average molecular weight is 408 g/mol. The van der Waals surface area contributed by atoms with Crippen molar-refractivity contribution in [2.45, 2.75) is 19.9 Å². The fraction of sp³-hybridized carbons (Fsp3) is 0.217. The van der Waals surface area contributed by atoms with Gasteiger partial charge in [0.25, 0.3) is 11.8 Å². The van der Waals surface area contributed by atoms with Crippen molar-refractivity contribution in [2.75, 3.05) is 23.8 Å². The van der Waals surface area contributed by atoms with Gasteiger partial charge in [-0.3, -0.25) is 9.59 Å². The summed E-state index contributed by atoms with van der Waals surface area (Å²) in [5, 5.41) is 7.54. The molecule has 0 radical (unpaired) electrons. The maximum Gasteiger partial charge on any atom is 0.279 e. The van der Waals surface area contributed by atoms with Crippen LogP contribution in [-0.4, -0.2) is 25.0 Å². The van der Waals surface area contributed by atoms with Crippen molar-refractivity contribution in [3.05, 3.63) is 78.3 Å². The predicted octanol–water partition coefficient (Wildman–Crippen LogP) is 3.19. The Hall–Kier alpha value is -3.58. The number of hydrogen-bond donors (Lipinski definition) is 3. The van der Waals surface area contributed by atoms with Crippen LogP contribution in [0.5, 0.6) is 5.75 Å². The highest BCUT2D eigenvalue weighted by Crippen LogP contribution is 2.19. The van der Waals surface area contributed by atoms with Crippen LogP contribution in [0.2, 0.25) is 0 Å². The number of para-hydroxylation sites is 1. The summed E-state index contributed by atoms with van der Waals surface area (Å²) < 4.78 is 10.8. The number of furan rings is 1. The van der Waals surface area contributed by atoms with Gasteiger partial charge in [-0.25, -0.2) is 0 Å². The minimum absolute atomic E-state index is 0.0175. The first-order valence-corrected chi connectivity index (χ1v) is 9.86. The van der Waals surface area contributed by atoms with Crippen LogP contribution in [0, 0.1) is 0 Å². The first-order valence-electron chi connectivity index (χ1n) is 9.86. The fourth-order valence-electron chi connectivity index (χ4n) is 2.94. The third kappa shape index (κ3) is 5.71. The van der Waals surface area contributed by atoms with E-state index in [4.69, 9.17) is 9.15 Å². The second-order valence-corrected chi connectivity index (χ2v) is 6.75. The Balaban J connectivity index is 1.60. The highest BCUT2D eigenvalue weighted by Gasteiger charge is 2.17. The molecule has 0 aliphatic carbocycles. The SMILES string of the molecule is CCOc1ccc(NC(=O)c2ccccc2NC(=O)C[NH2+][C@@H](C)c2ccco2)cc1. The van der Waals surface area contributed by atoms with Crippen molar-refractivity contribution < 1.29 is 24.1 Å². The van der Waals surface area contributed by atoms with Gasteiger partial charge in [0, 0.05) is 5.69 Å². The van der Waals surface area contributed by atoms with E-state index in [9.17, 15) is 9.59 Å². The number of amides is 2. The molecule has 2 amide bonds. The van der Waals surface area contributed by atoms with Gasteiger partial charge in [-0.1, -0.05) is 12.1 Å². The van der Waals surface area contributed by atoms with E-state index in [0.717, 1.165) is 11.5 Å². The van der Waals surface area contributed by atoms with Gasteiger partial charge >= 0.3 is 0 Å². The first-order chi connectivity index (χ1) is 14.6. The van der Waals surface area contributed by atoms with E-state index in [2.05, 4.69) is 10.6 Å². The van der Waals surface area contributed by atoms with Crippen LogP contribution in [0.25, 0.3) is 0 Å². The van der Waals surface area contributed by atoms with E-state index < -0.39 is 0 Å². The minimum atomic E-state index is -0.303. The Kier molecular flexibility index (Phi) is 7.24. The van der Waals surface area contributed by atoms with Crippen LogP contribution in [0.3, 0.4) is 0 Å². The van der Waals surface area contributed by atoms with E-state index >= 15 is 0 Å². The fourth-order valence-corrected chi connectivity index (χ4v) is 2.94. The number of carbonyl (C=O) groups excluding carboxylic acids is 2. The van der Waals surface area contributed by atoms with Crippen LogP contribution < -0.4 is 20.7 Å². The lowest BCUT2D eigenvalue weighted by atomic mass is 10.1. The molecule has 0 unspecified atom stereocenters. The van der Waals surface area contributed by atoms with Gasteiger partial charge in [0.2, 0.25) is 0 Å². The molecule has 2 aromatic carbocycles. The van der Waals surface area contributed by atoms with Crippen LogP contribution in [0.4, 0.5) is 11.4 Å². The van der Waals surface area contributed by atoms with Gasteiger partial charge in [-0.05, 0) is 62.4 Å². The Labute approximate surface area is 175 Å². The maximum atomic E-state index is 12.7. The van der Waals surface area contributed by atoms with Crippen molar-refractivity contribution in [1.82, 2.24) is 0 Å². The van der Waals surface area contributed by atoms with E-state index in [-0.39, 0.29) is 24.4 Å². The minimum Gasteiger partial charge on any atom is -0.494 e. The molecule has 7 nitrogen and oxygen atoms in total. The third-order valence-electron chi connectivity index (χ3n) is 4.52. The number of anilines is 2. The summed E-state index contributed by atoms with van der Waals surface area (Å²) in [6, 6.07) is 17.8. The van der Waals surface area contributed by atoms with Gasteiger partial charge in [-0.15, -0.1) is 0 Å². The molecule has 1 aromatic heterocycles. The van der Waals surface area contributed by atoms with Crippen molar-refractivity contribution in [3.63, 3.8) is 0 Å². The number of nitrogens with one attached hydrogen (secondary N) is 2. The lowest BCUT2D eigenvalue weighted by Crippen LogP contribution is -2.86. The summed E-state index contributed by atoms with van der Waals surface area (Å²) in [6.07, 6.45) is 1.61. The highest BCUT2D eigenvalue weighted by atomic mass is 16.5. The number of benzene rings is 2. The normalized spacial score (nSPS) is 11.5. The second kappa shape index (κ2) is 10.3. The second-order valence-electron chi connectivity index (χ2n) is 6.75. The zero-order chi connectivity index (χ0) is 21.3. The third-order valence-corrected chi connectivity index (χ3v) is 4.52. The predicted molar refractivity (Wildman–Crippen MR) is 115 cm³/mol. The van der Waals surface area contributed by atoms with E-state index in [0.29, 0.717) is 23.5 Å². The lowest BCUT2D eigenvalue weighted by molar-refractivity contribution is -0.684. The Morgan fingerprint density at radius 1 is 1.03 bits per heavy atom. The molecular weight excluding hydrogens is 382 g/mol. The van der Waals surface area contributed by atoms with Gasteiger partial charge in [-0.2, -0.15) is 0 Å². The molecule has 30 heavy (non-hydrogen) atoms. The van der Waals surface area contributed by atoms with Crippen molar-refractivity contribution in [1.29, 1.82) is 0 Å². The smallest absolute Gasteiger partial charge is 0.279 e. The molecule has 1 heterocycles. The molecule has 4 N–H and O–H groups in total. The summed E-state index contributed by atoms with van der Waals surface area (Å²) >= 11 is 0. The monoisotopic (exact) mass is 408 g/mol. The molecule has 0 bridgehead atoms. The standard InChI is InChI=1S/C23H25N3O4/c1-3-29-18-12-10-17(11-13-18)25-23(28)19-7-4-5-8-20(19)26-22(27)15-24-16(2)21-9-6-14-30-21/h4-14,16,24H,3,15H2,1-2H3,(H,25,28)(H,26,27)/p+1/t16-/m0/s1. The molecule has 1 atom stereocenters. The van der Waals surface area contributed by atoms with Gasteiger partial charge in [0.1, 0.15) is 11.8 Å². The summed E-state index contributed by atoms with van der Waals surface area (Å²) in [5.74, 6) is 1.04. The molecule has 3 aromatic rings. The van der Waals surface area contributed by atoms with Crippen LogP contribution in [0.15, 0.2) is 71.3 Å². The molecule has 0 fully saturated rings. The molecule has 0 aliphatic heterocycles. The molecule has 0 saturated heterocycles. The molecule has 156 valence electrons. The number of quaternary nitrogens is 1. The molecule has 3 rings (SSSR count). The highest BCUT2D eigenvalue weighted by molar-refractivity contribution is 6.10. The zero-order valence-corrected chi connectivity index (χ0v) is 17.1. The first kappa shape index (κ1) is 21.1. The summed E-state index contributed by atoms with van der Waals surface area (Å²) in [4.78, 5) is 25.1. The van der Waals surface area contributed by atoms with Gasteiger partial charge < -0.3 is 25.1 Å². The largest absolute Gasteiger partial charge is 0.494 e. The molecule has 0 aliphatic rings. The van der Waals surface area contributed by atoms with Crippen molar-refractivity contribution in [2.24, 2.45) is 0 Å². The summed E-state index contributed by atoms with van der Waals surface area (Å²) in [5.41, 5.74) is 1.49. The molecule has 0 spiro atoms.